The summed E-state index contributed by atoms with van der Waals surface area (Å²) >= 11 is 5.72. The number of imidazole rings is 1. The Morgan fingerprint density at radius 1 is 1.25 bits per heavy atom. The van der Waals surface area contributed by atoms with Crippen molar-refractivity contribution in [3.05, 3.63) is 50.5 Å². The minimum atomic E-state index is -0.620. The molecule has 0 aliphatic rings. The quantitative estimate of drug-likeness (QED) is 0.724. The fraction of sp³-hybridized carbons (Fsp3) is 0.214. The molecule has 0 saturated carbocycles. The van der Waals surface area contributed by atoms with Crippen LogP contribution in [0.3, 0.4) is 0 Å². The number of nitrogens with zero attached hydrogens (tertiary/aromatic N) is 5. The number of hydrogen-bond acceptors (Lipinski definition) is 5. The zero-order valence-electron chi connectivity index (χ0n) is 12.9. The molecule has 0 aliphatic carbocycles. The SMILES string of the molecule is Cn1cnc2c1c(=O)n(CC(=O)Nc1ccc(Cl)cn1)c(=O)n2C. The van der Waals surface area contributed by atoms with E-state index in [1.54, 1.807) is 13.1 Å². The molecular weight excluding hydrogens is 336 g/mol. The van der Waals surface area contributed by atoms with Gasteiger partial charge in [-0.05, 0) is 12.1 Å². The molecule has 0 aliphatic heterocycles. The van der Waals surface area contributed by atoms with Crippen LogP contribution >= 0.6 is 11.6 Å². The molecule has 24 heavy (non-hydrogen) atoms. The number of amides is 1. The average Bonchev–Trinajstić information content (AvgIpc) is 2.94. The Labute approximate surface area is 140 Å². The van der Waals surface area contributed by atoms with Crippen molar-refractivity contribution in [3.8, 4) is 0 Å². The minimum absolute atomic E-state index is 0.245. The molecule has 9 nitrogen and oxygen atoms in total. The Hall–Kier alpha value is -2.94. The highest BCUT2D eigenvalue weighted by atomic mass is 35.5. The van der Waals surface area contributed by atoms with Gasteiger partial charge in [-0.1, -0.05) is 11.6 Å². The highest BCUT2D eigenvalue weighted by molar-refractivity contribution is 6.30. The summed E-state index contributed by atoms with van der Waals surface area (Å²) in [7, 11) is 3.13. The maximum absolute atomic E-state index is 12.5. The molecule has 3 heterocycles. The summed E-state index contributed by atoms with van der Waals surface area (Å²) in [4.78, 5) is 44.9. The number of carbonyl (C=O) groups excluding carboxylic acids is 1. The monoisotopic (exact) mass is 348 g/mol. The van der Waals surface area contributed by atoms with Crippen LogP contribution in [0.5, 0.6) is 0 Å². The lowest BCUT2D eigenvalue weighted by atomic mass is 10.4. The number of aryl methyl sites for hydroxylation is 2. The summed E-state index contributed by atoms with van der Waals surface area (Å²) in [5.74, 6) is -0.276. The number of nitrogens with one attached hydrogen (secondary N) is 1. The molecule has 1 amide bonds. The van der Waals surface area contributed by atoms with Crippen LogP contribution in [0.25, 0.3) is 11.2 Å². The van der Waals surface area contributed by atoms with Crippen LogP contribution in [-0.2, 0) is 25.4 Å². The summed E-state index contributed by atoms with van der Waals surface area (Å²) in [5.41, 5.74) is -0.684. The van der Waals surface area contributed by atoms with Gasteiger partial charge in [0.2, 0.25) is 5.91 Å². The second-order valence-electron chi connectivity index (χ2n) is 5.17. The molecule has 1 N–H and O–H groups in total. The van der Waals surface area contributed by atoms with Gasteiger partial charge in [-0.15, -0.1) is 0 Å². The minimum Gasteiger partial charge on any atom is -0.328 e. The van der Waals surface area contributed by atoms with Gasteiger partial charge in [-0.2, -0.15) is 0 Å². The second kappa shape index (κ2) is 5.93. The van der Waals surface area contributed by atoms with E-state index in [2.05, 4.69) is 15.3 Å². The van der Waals surface area contributed by atoms with E-state index in [1.165, 1.54) is 34.8 Å². The van der Waals surface area contributed by atoms with E-state index in [9.17, 15) is 14.4 Å². The molecular formula is C14H13ClN6O3. The Bertz CT molecular complexity index is 1050. The van der Waals surface area contributed by atoms with Crippen molar-refractivity contribution < 1.29 is 4.79 Å². The van der Waals surface area contributed by atoms with Gasteiger partial charge in [-0.25, -0.2) is 19.3 Å². The zero-order chi connectivity index (χ0) is 17.4. The molecule has 3 aromatic heterocycles. The molecule has 0 unspecified atom stereocenters. The van der Waals surface area contributed by atoms with Gasteiger partial charge in [0.05, 0.1) is 11.3 Å². The van der Waals surface area contributed by atoms with Crippen LogP contribution in [-0.4, -0.2) is 29.6 Å². The standard InChI is InChI=1S/C14H13ClN6O3/c1-19-7-17-12-11(19)13(23)21(14(24)20(12)2)6-10(22)18-9-4-3-8(15)5-16-9/h3-5,7H,6H2,1-2H3,(H,16,18,22). The summed E-state index contributed by atoms with van der Waals surface area (Å²) in [6.07, 6.45) is 2.82. The number of rotatable bonds is 3. The Morgan fingerprint density at radius 2 is 2.00 bits per heavy atom. The van der Waals surface area contributed by atoms with Crippen molar-refractivity contribution in [2.75, 3.05) is 5.32 Å². The number of halogens is 1. The van der Waals surface area contributed by atoms with Crippen molar-refractivity contribution in [3.63, 3.8) is 0 Å². The number of pyridine rings is 1. The number of carbonyl (C=O) groups is 1. The van der Waals surface area contributed by atoms with Crippen LogP contribution < -0.4 is 16.6 Å². The summed E-state index contributed by atoms with van der Waals surface area (Å²) in [5, 5.41) is 2.94. The molecule has 0 atom stereocenters. The number of aromatic nitrogens is 5. The average molecular weight is 349 g/mol. The number of fused-ring (bicyclic) bond motifs is 1. The summed E-state index contributed by atoms with van der Waals surface area (Å²) in [6, 6.07) is 3.09. The smallest absolute Gasteiger partial charge is 0.328 e. The van der Waals surface area contributed by atoms with Crippen molar-refractivity contribution in [1.82, 2.24) is 23.7 Å². The van der Waals surface area contributed by atoms with Crippen LogP contribution in [0.2, 0.25) is 5.02 Å². The van der Waals surface area contributed by atoms with E-state index in [-0.39, 0.29) is 17.0 Å². The van der Waals surface area contributed by atoms with E-state index in [0.717, 1.165) is 4.57 Å². The third kappa shape index (κ3) is 2.69. The first-order valence-electron chi connectivity index (χ1n) is 6.90. The molecule has 0 radical (unpaired) electrons. The van der Waals surface area contributed by atoms with Gasteiger partial charge in [0.25, 0.3) is 5.56 Å². The first-order valence-corrected chi connectivity index (χ1v) is 7.28. The highest BCUT2D eigenvalue weighted by Crippen LogP contribution is 2.09. The summed E-state index contributed by atoms with van der Waals surface area (Å²) in [6.45, 7) is -0.434. The van der Waals surface area contributed by atoms with E-state index in [1.807, 2.05) is 0 Å². The Balaban J connectivity index is 1.96. The lowest BCUT2D eigenvalue weighted by Crippen LogP contribution is -2.42. The van der Waals surface area contributed by atoms with E-state index >= 15 is 0 Å². The molecule has 0 bridgehead atoms. The van der Waals surface area contributed by atoms with Gasteiger partial charge >= 0.3 is 5.69 Å². The van der Waals surface area contributed by atoms with E-state index < -0.39 is 23.7 Å². The van der Waals surface area contributed by atoms with Gasteiger partial charge in [-0.3, -0.25) is 14.2 Å². The first kappa shape index (κ1) is 15.9. The third-order valence-corrected chi connectivity index (χ3v) is 3.72. The topological polar surface area (TPSA) is 104 Å². The Kier molecular flexibility index (Phi) is 3.94. The van der Waals surface area contributed by atoms with Gasteiger partial charge < -0.3 is 9.88 Å². The lowest BCUT2D eigenvalue weighted by molar-refractivity contribution is -0.116. The van der Waals surface area contributed by atoms with E-state index in [0.29, 0.717) is 5.02 Å². The number of hydrogen-bond donors (Lipinski definition) is 1. The van der Waals surface area contributed by atoms with Crippen LogP contribution in [0.1, 0.15) is 0 Å². The molecule has 10 heteroatoms. The molecule has 3 aromatic rings. The largest absolute Gasteiger partial charge is 0.332 e. The van der Waals surface area contributed by atoms with Crippen molar-refractivity contribution in [1.29, 1.82) is 0 Å². The van der Waals surface area contributed by atoms with Crippen LogP contribution in [0.15, 0.2) is 34.2 Å². The zero-order valence-corrected chi connectivity index (χ0v) is 13.6. The number of anilines is 1. The van der Waals surface area contributed by atoms with Crippen LogP contribution in [0, 0.1) is 0 Å². The molecule has 0 saturated heterocycles. The second-order valence-corrected chi connectivity index (χ2v) is 5.61. The fourth-order valence-corrected chi connectivity index (χ4v) is 2.42. The fourth-order valence-electron chi connectivity index (χ4n) is 2.31. The van der Waals surface area contributed by atoms with Gasteiger partial charge in [0.1, 0.15) is 12.4 Å². The molecule has 3 rings (SSSR count). The predicted octanol–water partition coefficient (Wildman–Crippen LogP) is 0.121. The highest BCUT2D eigenvalue weighted by Gasteiger charge is 2.17. The first-order chi connectivity index (χ1) is 11.4. The third-order valence-electron chi connectivity index (χ3n) is 3.50. The van der Waals surface area contributed by atoms with Crippen molar-refractivity contribution in [2.45, 2.75) is 6.54 Å². The van der Waals surface area contributed by atoms with Gasteiger partial charge in [0, 0.05) is 20.3 Å². The molecule has 124 valence electrons. The predicted molar refractivity (Wildman–Crippen MR) is 88.1 cm³/mol. The van der Waals surface area contributed by atoms with Crippen molar-refractivity contribution >= 4 is 34.5 Å². The Morgan fingerprint density at radius 3 is 2.67 bits per heavy atom. The maximum Gasteiger partial charge on any atom is 0.332 e. The normalized spacial score (nSPS) is 11.0. The molecule has 0 spiro atoms. The molecule has 0 aromatic carbocycles. The van der Waals surface area contributed by atoms with Crippen LogP contribution in [0.4, 0.5) is 5.82 Å². The van der Waals surface area contributed by atoms with Gasteiger partial charge in [0.15, 0.2) is 11.2 Å². The summed E-state index contributed by atoms with van der Waals surface area (Å²) < 4.78 is 3.59. The molecule has 0 fully saturated rings. The maximum atomic E-state index is 12.5. The van der Waals surface area contributed by atoms with Crippen molar-refractivity contribution in [2.24, 2.45) is 14.1 Å². The lowest BCUT2D eigenvalue weighted by Gasteiger charge is -2.09. The van der Waals surface area contributed by atoms with E-state index in [4.69, 9.17) is 11.6 Å².